The number of nitrogens with zero attached hydrogens (tertiary/aromatic N) is 2. The number of hydrogen-bond donors (Lipinski definition) is 1. The summed E-state index contributed by atoms with van der Waals surface area (Å²) in [4.78, 5) is 2.67. The number of likely N-dealkylation sites (tertiary alicyclic amines) is 1. The van der Waals surface area contributed by atoms with Crippen molar-refractivity contribution in [3.8, 4) is 0 Å². The van der Waals surface area contributed by atoms with Gasteiger partial charge in [0.05, 0.1) is 5.37 Å². The highest BCUT2D eigenvalue weighted by atomic mass is 32.2. The smallest absolute Gasteiger partial charge is 0.111 e. The topological polar surface area (TPSA) is 49.6 Å². The first-order valence-corrected chi connectivity index (χ1v) is 13.6. The van der Waals surface area contributed by atoms with E-state index >= 15 is 0 Å². The monoisotopic (exact) mass is 433 g/mol. The highest BCUT2D eigenvalue weighted by Gasteiger charge is 2.64. The summed E-state index contributed by atoms with van der Waals surface area (Å²) in [6, 6.07) is 1.15. The Hall–Kier alpha value is -0.230. The molecule has 0 aromatic heterocycles. The molecular formula is C25H43N3OS. The predicted octanol–water partition coefficient (Wildman–Crippen LogP) is 4.15. The highest BCUT2D eigenvalue weighted by Crippen LogP contribution is 2.68. The summed E-state index contributed by atoms with van der Waals surface area (Å²) in [6.07, 6.45) is 13.3. The Kier molecular flexibility index (Phi) is 5.33. The van der Waals surface area contributed by atoms with Gasteiger partial charge in [0, 0.05) is 25.7 Å². The number of allylic oxidation sites excluding steroid dienone is 1. The molecule has 170 valence electrons. The van der Waals surface area contributed by atoms with Crippen molar-refractivity contribution in [2.45, 2.75) is 89.6 Å². The summed E-state index contributed by atoms with van der Waals surface area (Å²) >= 11 is 0. The maximum absolute atomic E-state index is 12.6. The zero-order valence-corrected chi connectivity index (χ0v) is 20.6. The van der Waals surface area contributed by atoms with Gasteiger partial charge in [0.2, 0.25) is 0 Å². The molecule has 1 aliphatic heterocycles. The van der Waals surface area contributed by atoms with Gasteiger partial charge in [-0.25, -0.2) is 8.51 Å². The largest absolute Gasteiger partial charge is 0.316 e. The molecule has 0 aromatic carbocycles. The second kappa shape index (κ2) is 7.40. The average Bonchev–Trinajstić information content (AvgIpc) is 3.20. The van der Waals surface area contributed by atoms with Crippen molar-refractivity contribution in [2.75, 3.05) is 20.6 Å². The van der Waals surface area contributed by atoms with Crippen molar-refractivity contribution in [1.29, 1.82) is 0 Å². The highest BCUT2D eigenvalue weighted by molar-refractivity contribution is 7.83. The minimum atomic E-state index is -1.08. The fourth-order valence-corrected chi connectivity index (χ4v) is 10.2. The molecule has 10 atom stereocenters. The minimum Gasteiger partial charge on any atom is -0.316 e. The maximum Gasteiger partial charge on any atom is 0.111 e. The second-order valence-electron chi connectivity index (χ2n) is 11.8. The van der Waals surface area contributed by atoms with Gasteiger partial charge in [-0.3, -0.25) is 0 Å². The van der Waals surface area contributed by atoms with Gasteiger partial charge in [0.1, 0.15) is 11.0 Å². The Morgan fingerprint density at radius 2 is 1.93 bits per heavy atom. The van der Waals surface area contributed by atoms with Gasteiger partial charge >= 0.3 is 0 Å². The summed E-state index contributed by atoms with van der Waals surface area (Å²) < 4.78 is 14.6. The summed E-state index contributed by atoms with van der Waals surface area (Å²) in [5, 5.41) is -0.287. The third-order valence-corrected chi connectivity index (χ3v) is 12.3. The molecule has 4 fully saturated rings. The van der Waals surface area contributed by atoms with Crippen molar-refractivity contribution >= 4 is 11.0 Å². The lowest BCUT2D eigenvalue weighted by Gasteiger charge is -2.58. The van der Waals surface area contributed by atoms with E-state index in [9.17, 15) is 4.21 Å². The van der Waals surface area contributed by atoms with Crippen LogP contribution in [0.2, 0.25) is 0 Å². The Morgan fingerprint density at radius 1 is 1.20 bits per heavy atom. The van der Waals surface area contributed by atoms with E-state index in [0.717, 1.165) is 42.6 Å². The second-order valence-corrected chi connectivity index (χ2v) is 13.7. The molecule has 4 nitrogen and oxygen atoms in total. The first-order valence-electron chi connectivity index (χ1n) is 12.5. The van der Waals surface area contributed by atoms with Crippen LogP contribution >= 0.6 is 0 Å². The number of nitrogens with two attached hydrogens (primary N) is 1. The van der Waals surface area contributed by atoms with Crippen LogP contribution in [0.15, 0.2) is 11.6 Å². The standard InChI is InChI=1S/C25H43N3OS/c1-16-21-8-9-23-20-7-6-18-14-19(28(5)30(29)17(2)26)10-12-24(18,3)22(20)11-13-25(21,23)15-27(16)4/h6,16-17,19-23H,7-15,26H2,1-5H3/t16-,17-,19-,20+,21+,22?,23-,24-,25-,30?/m0/s1. The maximum atomic E-state index is 12.6. The molecule has 5 aliphatic rings. The van der Waals surface area contributed by atoms with Crippen LogP contribution in [-0.4, -0.2) is 51.5 Å². The molecule has 0 radical (unpaired) electrons. The lowest BCUT2D eigenvalue weighted by atomic mass is 9.47. The van der Waals surface area contributed by atoms with E-state index in [4.69, 9.17) is 5.73 Å². The molecule has 30 heavy (non-hydrogen) atoms. The van der Waals surface area contributed by atoms with Gasteiger partial charge in [-0.05, 0) is 107 Å². The van der Waals surface area contributed by atoms with Crippen LogP contribution in [0.4, 0.5) is 0 Å². The van der Waals surface area contributed by atoms with Crippen molar-refractivity contribution < 1.29 is 4.21 Å². The first-order chi connectivity index (χ1) is 14.2. The molecule has 2 unspecified atom stereocenters. The molecular weight excluding hydrogens is 390 g/mol. The molecule has 4 aliphatic carbocycles. The summed E-state index contributed by atoms with van der Waals surface area (Å²) in [7, 11) is 3.30. The van der Waals surface area contributed by atoms with E-state index < -0.39 is 11.0 Å². The molecule has 1 saturated heterocycles. The van der Waals surface area contributed by atoms with E-state index in [0.29, 0.717) is 16.9 Å². The lowest BCUT2D eigenvalue weighted by Crippen LogP contribution is -2.53. The Balaban J connectivity index is 1.38. The third kappa shape index (κ3) is 2.90. The fourth-order valence-electron chi connectivity index (χ4n) is 9.16. The van der Waals surface area contributed by atoms with Gasteiger partial charge in [-0.2, -0.15) is 0 Å². The molecule has 2 N–H and O–H groups in total. The van der Waals surface area contributed by atoms with E-state index in [-0.39, 0.29) is 5.37 Å². The zero-order chi connectivity index (χ0) is 21.4. The quantitative estimate of drug-likeness (QED) is 0.680. The molecule has 0 aromatic rings. The van der Waals surface area contributed by atoms with Gasteiger partial charge in [0.15, 0.2) is 0 Å². The first kappa shape index (κ1) is 21.6. The molecule has 1 spiro atoms. The summed E-state index contributed by atoms with van der Waals surface area (Å²) in [5.41, 5.74) is 8.60. The molecule has 0 amide bonds. The predicted molar refractivity (Wildman–Crippen MR) is 125 cm³/mol. The molecule has 1 heterocycles. The third-order valence-electron chi connectivity index (χ3n) is 10.8. The van der Waals surface area contributed by atoms with Crippen molar-refractivity contribution in [3.63, 3.8) is 0 Å². The number of hydrogen-bond acceptors (Lipinski definition) is 3. The van der Waals surface area contributed by atoms with Crippen molar-refractivity contribution in [1.82, 2.24) is 9.21 Å². The summed E-state index contributed by atoms with van der Waals surface area (Å²) in [5.74, 6) is 3.63. The van der Waals surface area contributed by atoms with Crippen LogP contribution in [0.3, 0.4) is 0 Å². The Labute approximate surface area is 186 Å². The fraction of sp³-hybridized carbons (Fsp3) is 0.920. The van der Waals surface area contributed by atoms with Gasteiger partial charge in [-0.1, -0.05) is 18.6 Å². The van der Waals surface area contributed by atoms with E-state index in [1.807, 2.05) is 14.0 Å². The lowest BCUT2D eigenvalue weighted by molar-refractivity contribution is -0.0418. The van der Waals surface area contributed by atoms with E-state index in [1.54, 1.807) is 5.57 Å². The number of rotatable bonds is 3. The molecule has 5 heteroatoms. The van der Waals surface area contributed by atoms with Crippen molar-refractivity contribution in [3.05, 3.63) is 11.6 Å². The van der Waals surface area contributed by atoms with Crippen LogP contribution in [0.1, 0.15) is 72.1 Å². The van der Waals surface area contributed by atoms with Crippen LogP contribution < -0.4 is 5.73 Å². The van der Waals surface area contributed by atoms with Crippen LogP contribution in [0.25, 0.3) is 0 Å². The van der Waals surface area contributed by atoms with Crippen LogP contribution in [0, 0.1) is 34.5 Å². The Morgan fingerprint density at radius 3 is 2.67 bits per heavy atom. The summed E-state index contributed by atoms with van der Waals surface area (Å²) in [6.45, 7) is 8.27. The van der Waals surface area contributed by atoms with E-state index in [1.165, 1.54) is 45.1 Å². The molecule has 3 saturated carbocycles. The SMILES string of the molecule is C[C@H]1[C@H]2CC[C@H]3[C@@H]4CC=C5C[C@@H](N(C)S(=O)[C@@H](C)N)CC[C@]5(C)C4CC[C@]23CN1C. The molecule has 0 bridgehead atoms. The minimum absolute atomic E-state index is 0.287. The van der Waals surface area contributed by atoms with Gasteiger partial charge in [0.25, 0.3) is 0 Å². The van der Waals surface area contributed by atoms with Gasteiger partial charge < -0.3 is 10.6 Å². The zero-order valence-electron chi connectivity index (χ0n) is 19.8. The van der Waals surface area contributed by atoms with Crippen LogP contribution in [-0.2, 0) is 11.0 Å². The average molecular weight is 434 g/mol. The Bertz CT molecular complexity index is 753. The van der Waals surface area contributed by atoms with E-state index in [2.05, 4.69) is 36.2 Å². The van der Waals surface area contributed by atoms with Crippen LogP contribution in [0.5, 0.6) is 0 Å². The molecule has 5 rings (SSSR count). The normalized spacial score (nSPS) is 50.3. The van der Waals surface area contributed by atoms with Crippen molar-refractivity contribution in [2.24, 2.45) is 40.2 Å². The number of fused-ring (bicyclic) bond motifs is 4. The van der Waals surface area contributed by atoms with Gasteiger partial charge in [-0.15, -0.1) is 0 Å².